The Morgan fingerprint density at radius 1 is 1.42 bits per heavy atom. The summed E-state index contributed by atoms with van der Waals surface area (Å²) in [5.74, 6) is 0.869. The van der Waals surface area contributed by atoms with E-state index in [4.69, 9.17) is 16.3 Å². The van der Waals surface area contributed by atoms with E-state index in [1.165, 1.54) is 0 Å². The van der Waals surface area contributed by atoms with Crippen LogP contribution in [0.5, 0.6) is 0 Å². The Bertz CT molecular complexity index is 481. The monoisotopic (exact) mass is 282 g/mol. The van der Waals surface area contributed by atoms with Gasteiger partial charge in [0.25, 0.3) is 0 Å². The zero-order valence-electron chi connectivity index (χ0n) is 10.6. The molecule has 2 aliphatic rings. The smallest absolute Gasteiger partial charge is 0.219 e. The Morgan fingerprint density at radius 3 is 2.95 bits per heavy atom. The minimum absolute atomic E-state index is 0.0510. The molecule has 6 nitrogen and oxygen atoms in total. The molecular formula is C12H15ClN4O2. The van der Waals surface area contributed by atoms with Crippen molar-refractivity contribution in [3.8, 4) is 0 Å². The number of anilines is 1. The van der Waals surface area contributed by atoms with Crippen LogP contribution in [0.25, 0.3) is 0 Å². The van der Waals surface area contributed by atoms with Crippen LogP contribution in [0.15, 0.2) is 12.1 Å². The SMILES string of the molecule is CC(=O)N1CC2OCCN(c3ccc(Cl)nn3)C2C1. The molecule has 2 atom stereocenters. The molecule has 0 bridgehead atoms. The van der Waals surface area contributed by atoms with Crippen molar-refractivity contribution in [2.45, 2.75) is 19.1 Å². The summed E-state index contributed by atoms with van der Waals surface area (Å²) < 4.78 is 5.75. The first-order valence-electron chi connectivity index (χ1n) is 6.28. The summed E-state index contributed by atoms with van der Waals surface area (Å²) >= 11 is 5.76. The molecule has 1 aromatic rings. The number of ether oxygens (including phenoxy) is 1. The number of amides is 1. The molecule has 2 saturated heterocycles. The molecule has 0 aromatic carbocycles. The van der Waals surface area contributed by atoms with Crippen molar-refractivity contribution in [3.63, 3.8) is 0 Å². The maximum Gasteiger partial charge on any atom is 0.219 e. The first kappa shape index (κ1) is 12.6. The molecular weight excluding hydrogens is 268 g/mol. The number of morpholine rings is 1. The highest BCUT2D eigenvalue weighted by atomic mass is 35.5. The van der Waals surface area contributed by atoms with Crippen molar-refractivity contribution in [3.05, 3.63) is 17.3 Å². The third kappa shape index (κ3) is 2.37. The van der Waals surface area contributed by atoms with Crippen molar-refractivity contribution in [1.29, 1.82) is 0 Å². The maximum atomic E-state index is 11.5. The van der Waals surface area contributed by atoms with E-state index < -0.39 is 0 Å². The van der Waals surface area contributed by atoms with Crippen molar-refractivity contribution in [2.75, 3.05) is 31.1 Å². The lowest BCUT2D eigenvalue weighted by molar-refractivity contribution is -0.128. The zero-order chi connectivity index (χ0) is 13.4. The highest BCUT2D eigenvalue weighted by molar-refractivity contribution is 6.29. The van der Waals surface area contributed by atoms with Gasteiger partial charge in [0, 0.05) is 26.6 Å². The lowest BCUT2D eigenvalue weighted by atomic mass is 10.1. The van der Waals surface area contributed by atoms with Gasteiger partial charge in [-0.1, -0.05) is 11.6 Å². The van der Waals surface area contributed by atoms with Crippen LogP contribution in [0.3, 0.4) is 0 Å². The minimum atomic E-state index is 0.0510. The molecule has 102 valence electrons. The third-order valence-corrected chi connectivity index (χ3v) is 3.86. The Kier molecular flexibility index (Phi) is 3.28. The van der Waals surface area contributed by atoms with E-state index in [9.17, 15) is 4.79 Å². The number of likely N-dealkylation sites (tertiary alicyclic amines) is 1. The zero-order valence-corrected chi connectivity index (χ0v) is 11.4. The second-order valence-corrected chi connectivity index (χ2v) is 5.20. The second-order valence-electron chi connectivity index (χ2n) is 4.81. The lowest BCUT2D eigenvalue weighted by Crippen LogP contribution is -2.51. The number of nitrogens with zero attached hydrogens (tertiary/aromatic N) is 4. The summed E-state index contributed by atoms with van der Waals surface area (Å²) in [4.78, 5) is 15.5. The second kappa shape index (κ2) is 4.94. The predicted octanol–water partition coefficient (Wildman–Crippen LogP) is 0.566. The van der Waals surface area contributed by atoms with Gasteiger partial charge in [-0.25, -0.2) is 0 Å². The Hall–Kier alpha value is -1.40. The van der Waals surface area contributed by atoms with Gasteiger partial charge in [0.1, 0.15) is 0 Å². The molecule has 0 radical (unpaired) electrons. The average Bonchev–Trinajstić information content (AvgIpc) is 2.83. The van der Waals surface area contributed by atoms with Gasteiger partial charge < -0.3 is 14.5 Å². The van der Waals surface area contributed by atoms with Crippen LogP contribution in [-0.4, -0.2) is 59.4 Å². The molecule has 0 spiro atoms. The van der Waals surface area contributed by atoms with Crippen LogP contribution in [-0.2, 0) is 9.53 Å². The summed E-state index contributed by atoms with van der Waals surface area (Å²) in [5.41, 5.74) is 0. The van der Waals surface area contributed by atoms with Gasteiger partial charge in [-0.3, -0.25) is 4.79 Å². The summed E-state index contributed by atoms with van der Waals surface area (Å²) in [6.07, 6.45) is 0.0510. The first-order chi connectivity index (χ1) is 9.15. The Morgan fingerprint density at radius 2 is 2.26 bits per heavy atom. The van der Waals surface area contributed by atoms with E-state index in [1.54, 1.807) is 13.0 Å². The molecule has 0 N–H and O–H groups in total. The van der Waals surface area contributed by atoms with Gasteiger partial charge in [-0.05, 0) is 12.1 Å². The van der Waals surface area contributed by atoms with Crippen molar-refractivity contribution in [1.82, 2.24) is 15.1 Å². The standard InChI is InChI=1S/C12H15ClN4O2/c1-8(18)16-6-9-10(7-16)19-5-4-17(9)12-3-2-11(13)14-15-12/h2-3,9-10H,4-7H2,1H3. The molecule has 0 aliphatic carbocycles. The van der Waals surface area contributed by atoms with E-state index in [0.717, 1.165) is 12.4 Å². The largest absolute Gasteiger partial charge is 0.372 e. The first-order valence-corrected chi connectivity index (χ1v) is 6.66. The fourth-order valence-corrected chi connectivity index (χ4v) is 2.79. The quantitative estimate of drug-likeness (QED) is 0.754. The van der Waals surface area contributed by atoms with Gasteiger partial charge in [-0.15, -0.1) is 10.2 Å². The summed E-state index contributed by atoms with van der Waals surface area (Å²) in [5, 5.41) is 8.37. The predicted molar refractivity (Wildman–Crippen MR) is 70.2 cm³/mol. The minimum Gasteiger partial charge on any atom is -0.372 e. The van der Waals surface area contributed by atoms with Crippen LogP contribution >= 0.6 is 11.6 Å². The van der Waals surface area contributed by atoms with Gasteiger partial charge in [-0.2, -0.15) is 0 Å². The van der Waals surface area contributed by atoms with Gasteiger partial charge >= 0.3 is 0 Å². The van der Waals surface area contributed by atoms with E-state index in [2.05, 4.69) is 15.1 Å². The summed E-state index contributed by atoms with van der Waals surface area (Å²) in [6, 6.07) is 3.73. The molecule has 3 rings (SSSR count). The van der Waals surface area contributed by atoms with Crippen molar-refractivity contribution in [2.24, 2.45) is 0 Å². The molecule has 2 unspecified atom stereocenters. The van der Waals surface area contributed by atoms with Crippen LogP contribution in [0.2, 0.25) is 5.15 Å². The molecule has 3 heterocycles. The molecule has 19 heavy (non-hydrogen) atoms. The molecule has 2 aliphatic heterocycles. The van der Waals surface area contributed by atoms with Crippen LogP contribution in [0.1, 0.15) is 6.92 Å². The number of carbonyl (C=O) groups is 1. The molecule has 1 aromatic heterocycles. The maximum absolute atomic E-state index is 11.5. The van der Waals surface area contributed by atoms with Crippen LogP contribution < -0.4 is 4.90 Å². The number of halogens is 1. The number of hydrogen-bond donors (Lipinski definition) is 0. The Balaban J connectivity index is 1.82. The van der Waals surface area contributed by atoms with Crippen LogP contribution in [0, 0.1) is 0 Å². The van der Waals surface area contributed by atoms with Crippen molar-refractivity contribution < 1.29 is 9.53 Å². The average molecular weight is 283 g/mol. The fraction of sp³-hybridized carbons (Fsp3) is 0.583. The van der Waals surface area contributed by atoms with Gasteiger partial charge in [0.05, 0.1) is 18.8 Å². The van der Waals surface area contributed by atoms with E-state index >= 15 is 0 Å². The summed E-state index contributed by atoms with van der Waals surface area (Å²) in [7, 11) is 0. The van der Waals surface area contributed by atoms with E-state index in [1.807, 2.05) is 11.0 Å². The van der Waals surface area contributed by atoms with Crippen molar-refractivity contribution >= 4 is 23.3 Å². The summed E-state index contributed by atoms with van der Waals surface area (Å²) in [6.45, 7) is 4.30. The molecule has 0 saturated carbocycles. The number of fused-ring (bicyclic) bond motifs is 1. The van der Waals surface area contributed by atoms with Gasteiger partial charge in [0.15, 0.2) is 11.0 Å². The third-order valence-electron chi connectivity index (χ3n) is 3.66. The lowest BCUT2D eigenvalue weighted by Gasteiger charge is -2.37. The molecule has 2 fully saturated rings. The Labute approximate surface area is 116 Å². The number of carbonyl (C=O) groups excluding carboxylic acids is 1. The van der Waals surface area contributed by atoms with Gasteiger partial charge in [0.2, 0.25) is 5.91 Å². The molecule has 1 amide bonds. The van der Waals surface area contributed by atoms with Crippen LogP contribution in [0.4, 0.5) is 5.82 Å². The topological polar surface area (TPSA) is 58.6 Å². The molecule has 7 heteroatoms. The fourth-order valence-electron chi connectivity index (χ4n) is 2.69. The number of rotatable bonds is 1. The normalized spacial score (nSPS) is 26.4. The highest BCUT2D eigenvalue weighted by Crippen LogP contribution is 2.26. The number of aromatic nitrogens is 2. The van der Waals surface area contributed by atoms with E-state index in [-0.39, 0.29) is 18.1 Å². The number of hydrogen-bond acceptors (Lipinski definition) is 5. The highest BCUT2D eigenvalue weighted by Gasteiger charge is 2.41. The van der Waals surface area contributed by atoms with E-state index in [0.29, 0.717) is 24.8 Å².